The Balaban J connectivity index is 2.55. The Morgan fingerprint density at radius 1 is 1.00 bits per heavy atom. The molecule has 1 unspecified atom stereocenters. The molecule has 0 aliphatic rings. The summed E-state index contributed by atoms with van der Waals surface area (Å²) in [6.45, 7) is 0. The normalized spacial score (nSPS) is 14.2. The lowest BCUT2D eigenvalue weighted by Crippen LogP contribution is -2.29. The van der Waals surface area contributed by atoms with E-state index in [1.807, 2.05) is 18.2 Å². The van der Waals surface area contributed by atoms with Gasteiger partial charge in [-0.15, -0.1) is 11.6 Å². The minimum absolute atomic E-state index is 0.250. The number of benzene rings is 2. The molecule has 0 saturated heterocycles. The van der Waals surface area contributed by atoms with Gasteiger partial charge >= 0.3 is 0 Å². The monoisotopic (exact) mass is 264 g/mol. The maximum atomic E-state index is 13.9. The van der Waals surface area contributed by atoms with Crippen LogP contribution in [0.25, 0.3) is 0 Å². The highest BCUT2D eigenvalue weighted by molar-refractivity contribution is 6.17. The van der Waals surface area contributed by atoms with E-state index < -0.39 is 11.4 Å². The molecule has 0 aliphatic heterocycles. The molecule has 0 radical (unpaired) electrons. The average molecular weight is 265 g/mol. The standard InChI is InChI=1S/C15H14ClFO/c16-11-10-15(18,12-6-2-1-3-7-12)13-8-4-5-9-14(13)17/h1-9,18H,10-11H2. The first kappa shape index (κ1) is 13.1. The van der Waals surface area contributed by atoms with Gasteiger partial charge in [-0.2, -0.15) is 0 Å². The molecule has 1 atom stereocenters. The van der Waals surface area contributed by atoms with Gasteiger partial charge in [0.1, 0.15) is 11.4 Å². The molecule has 2 rings (SSSR count). The van der Waals surface area contributed by atoms with E-state index in [0.717, 1.165) is 0 Å². The molecule has 3 heteroatoms. The number of alkyl halides is 1. The zero-order chi connectivity index (χ0) is 13.0. The lowest BCUT2D eigenvalue weighted by atomic mass is 9.84. The summed E-state index contributed by atoms with van der Waals surface area (Å²) in [5.41, 5.74) is -0.471. The molecule has 2 aromatic carbocycles. The van der Waals surface area contributed by atoms with E-state index >= 15 is 0 Å². The van der Waals surface area contributed by atoms with Crippen LogP contribution >= 0.6 is 11.6 Å². The van der Waals surface area contributed by atoms with Crippen molar-refractivity contribution in [1.82, 2.24) is 0 Å². The van der Waals surface area contributed by atoms with Gasteiger partial charge in [0, 0.05) is 11.4 Å². The number of halogens is 2. The van der Waals surface area contributed by atoms with Crippen molar-refractivity contribution < 1.29 is 9.50 Å². The fourth-order valence-corrected chi connectivity index (χ4v) is 2.36. The zero-order valence-corrected chi connectivity index (χ0v) is 10.6. The molecule has 0 saturated carbocycles. The predicted molar refractivity (Wildman–Crippen MR) is 71.2 cm³/mol. The third kappa shape index (κ3) is 2.40. The second-order valence-electron chi connectivity index (χ2n) is 4.15. The van der Waals surface area contributed by atoms with E-state index in [1.54, 1.807) is 30.3 Å². The fourth-order valence-electron chi connectivity index (χ4n) is 2.08. The number of hydrogen-bond acceptors (Lipinski definition) is 1. The highest BCUT2D eigenvalue weighted by atomic mass is 35.5. The first-order valence-corrected chi connectivity index (χ1v) is 6.31. The highest BCUT2D eigenvalue weighted by Crippen LogP contribution is 2.34. The number of hydrogen-bond donors (Lipinski definition) is 1. The van der Waals surface area contributed by atoms with Gasteiger partial charge in [0.15, 0.2) is 0 Å². The quantitative estimate of drug-likeness (QED) is 0.835. The molecule has 0 aromatic heterocycles. The summed E-state index contributed by atoms with van der Waals surface area (Å²) in [6, 6.07) is 15.3. The number of rotatable bonds is 4. The Bertz CT molecular complexity index is 515. The third-order valence-electron chi connectivity index (χ3n) is 3.03. The third-order valence-corrected chi connectivity index (χ3v) is 3.22. The van der Waals surface area contributed by atoms with Crippen LogP contribution in [0.2, 0.25) is 0 Å². The molecule has 0 fully saturated rings. The van der Waals surface area contributed by atoms with E-state index in [4.69, 9.17) is 11.6 Å². The topological polar surface area (TPSA) is 20.2 Å². The van der Waals surface area contributed by atoms with Crippen LogP contribution in [-0.2, 0) is 5.60 Å². The Labute approximate surface area is 111 Å². The van der Waals surface area contributed by atoms with Gasteiger partial charge < -0.3 is 5.11 Å². The van der Waals surface area contributed by atoms with E-state index in [0.29, 0.717) is 5.56 Å². The van der Waals surface area contributed by atoms with E-state index in [9.17, 15) is 9.50 Å². The van der Waals surface area contributed by atoms with Crippen molar-refractivity contribution >= 4 is 11.6 Å². The average Bonchev–Trinajstić information content (AvgIpc) is 2.40. The summed E-state index contributed by atoms with van der Waals surface area (Å²) in [5.74, 6) is -0.173. The largest absolute Gasteiger partial charge is 0.380 e. The molecule has 2 aromatic rings. The Morgan fingerprint density at radius 3 is 2.22 bits per heavy atom. The maximum absolute atomic E-state index is 13.9. The molecule has 94 valence electrons. The van der Waals surface area contributed by atoms with Crippen molar-refractivity contribution in [1.29, 1.82) is 0 Å². The van der Waals surface area contributed by atoms with Crippen LogP contribution in [0.15, 0.2) is 54.6 Å². The maximum Gasteiger partial charge on any atom is 0.129 e. The summed E-state index contributed by atoms with van der Waals surface area (Å²) in [5, 5.41) is 10.8. The molecule has 1 nitrogen and oxygen atoms in total. The molecular formula is C15H14ClFO. The zero-order valence-electron chi connectivity index (χ0n) is 9.81. The minimum atomic E-state index is -1.38. The predicted octanol–water partition coefficient (Wildman–Crippen LogP) is 3.69. The van der Waals surface area contributed by atoms with Crippen molar-refractivity contribution in [2.24, 2.45) is 0 Å². The van der Waals surface area contributed by atoms with Gasteiger partial charge in [-0.25, -0.2) is 4.39 Å². The summed E-state index contributed by atoms with van der Waals surface area (Å²) in [6.07, 6.45) is 0.263. The van der Waals surface area contributed by atoms with E-state index in [1.165, 1.54) is 6.07 Å². The van der Waals surface area contributed by atoms with E-state index in [2.05, 4.69) is 0 Å². The summed E-state index contributed by atoms with van der Waals surface area (Å²) in [4.78, 5) is 0. The Kier molecular flexibility index (Phi) is 4.00. The van der Waals surface area contributed by atoms with Crippen LogP contribution in [0.1, 0.15) is 17.5 Å². The lowest BCUT2D eigenvalue weighted by molar-refractivity contribution is 0.0735. The highest BCUT2D eigenvalue weighted by Gasteiger charge is 2.33. The fraction of sp³-hybridized carbons (Fsp3) is 0.200. The molecular weight excluding hydrogens is 251 g/mol. The Morgan fingerprint density at radius 2 is 1.61 bits per heavy atom. The van der Waals surface area contributed by atoms with Crippen molar-refractivity contribution in [2.45, 2.75) is 12.0 Å². The van der Waals surface area contributed by atoms with Crippen LogP contribution < -0.4 is 0 Å². The summed E-state index contributed by atoms with van der Waals surface area (Å²) >= 11 is 5.76. The van der Waals surface area contributed by atoms with Crippen molar-refractivity contribution in [3.8, 4) is 0 Å². The second kappa shape index (κ2) is 5.51. The number of aliphatic hydroxyl groups is 1. The summed E-state index contributed by atoms with van der Waals surface area (Å²) in [7, 11) is 0. The van der Waals surface area contributed by atoms with Crippen LogP contribution in [0.3, 0.4) is 0 Å². The van der Waals surface area contributed by atoms with Crippen LogP contribution in [0.4, 0.5) is 4.39 Å². The molecule has 0 spiro atoms. The first-order chi connectivity index (χ1) is 8.68. The van der Waals surface area contributed by atoms with Crippen LogP contribution in [-0.4, -0.2) is 11.0 Å². The van der Waals surface area contributed by atoms with Gasteiger partial charge in [0.2, 0.25) is 0 Å². The van der Waals surface area contributed by atoms with Crippen molar-refractivity contribution in [3.05, 3.63) is 71.5 Å². The molecule has 1 N–H and O–H groups in total. The van der Waals surface area contributed by atoms with Crippen molar-refractivity contribution in [3.63, 3.8) is 0 Å². The van der Waals surface area contributed by atoms with Gasteiger partial charge in [0.05, 0.1) is 0 Å². The lowest BCUT2D eigenvalue weighted by Gasteiger charge is -2.29. The van der Waals surface area contributed by atoms with Crippen LogP contribution in [0, 0.1) is 5.82 Å². The molecule has 0 aliphatic carbocycles. The smallest absolute Gasteiger partial charge is 0.129 e. The van der Waals surface area contributed by atoms with Gasteiger partial charge in [-0.05, 0) is 18.1 Å². The van der Waals surface area contributed by atoms with Gasteiger partial charge in [-0.3, -0.25) is 0 Å². The van der Waals surface area contributed by atoms with Crippen molar-refractivity contribution in [2.75, 3.05) is 5.88 Å². The second-order valence-corrected chi connectivity index (χ2v) is 4.52. The van der Waals surface area contributed by atoms with E-state index in [-0.39, 0.29) is 17.9 Å². The van der Waals surface area contributed by atoms with Gasteiger partial charge in [-0.1, -0.05) is 48.5 Å². The SMILES string of the molecule is OC(CCCl)(c1ccccc1)c1ccccc1F. The first-order valence-electron chi connectivity index (χ1n) is 5.77. The molecule has 18 heavy (non-hydrogen) atoms. The Hall–Kier alpha value is -1.38. The molecule has 0 bridgehead atoms. The van der Waals surface area contributed by atoms with Crippen LogP contribution in [0.5, 0.6) is 0 Å². The molecule has 0 amide bonds. The minimum Gasteiger partial charge on any atom is -0.380 e. The molecule has 0 heterocycles. The summed E-state index contributed by atoms with van der Waals surface area (Å²) < 4.78 is 13.9. The van der Waals surface area contributed by atoms with Gasteiger partial charge in [0.25, 0.3) is 0 Å².